The Kier molecular flexibility index (Phi) is 4.87. The van der Waals surface area contributed by atoms with Gasteiger partial charge in [0.1, 0.15) is 0 Å². The zero-order valence-electron chi connectivity index (χ0n) is 11.6. The van der Waals surface area contributed by atoms with Crippen molar-refractivity contribution in [1.82, 2.24) is 9.80 Å². The minimum absolute atomic E-state index is 0.235. The Hall–Kier alpha value is -0.770. The molecular formula is C14H27N3O. The molecule has 2 heterocycles. The summed E-state index contributed by atoms with van der Waals surface area (Å²) in [6.07, 6.45) is 6.94. The Morgan fingerprint density at radius 2 is 1.83 bits per heavy atom. The molecule has 0 aromatic heterocycles. The molecule has 2 fully saturated rings. The van der Waals surface area contributed by atoms with Crippen molar-refractivity contribution in [2.75, 3.05) is 26.2 Å². The van der Waals surface area contributed by atoms with E-state index in [0.29, 0.717) is 6.54 Å². The normalized spacial score (nSPS) is 27.1. The molecule has 2 aliphatic heterocycles. The molecule has 104 valence electrons. The fraction of sp³-hybridized carbons (Fsp3) is 0.929. The summed E-state index contributed by atoms with van der Waals surface area (Å²) >= 11 is 0. The number of amides is 2. The van der Waals surface area contributed by atoms with Gasteiger partial charge in [-0.1, -0.05) is 19.8 Å². The number of nitrogens with zero attached hydrogens (tertiary/aromatic N) is 2. The molecule has 18 heavy (non-hydrogen) atoms. The van der Waals surface area contributed by atoms with Crippen molar-refractivity contribution >= 4 is 6.03 Å². The van der Waals surface area contributed by atoms with E-state index in [1.165, 1.54) is 12.8 Å². The van der Waals surface area contributed by atoms with Crippen molar-refractivity contribution < 1.29 is 4.79 Å². The van der Waals surface area contributed by atoms with E-state index in [-0.39, 0.29) is 12.1 Å². The van der Waals surface area contributed by atoms with Crippen LogP contribution in [0.3, 0.4) is 0 Å². The van der Waals surface area contributed by atoms with Crippen molar-refractivity contribution in [3.63, 3.8) is 0 Å². The molecule has 0 aromatic carbocycles. The summed E-state index contributed by atoms with van der Waals surface area (Å²) in [5.74, 6) is 0.767. The van der Waals surface area contributed by atoms with Crippen molar-refractivity contribution in [2.45, 2.75) is 51.5 Å². The third-order valence-corrected chi connectivity index (χ3v) is 4.45. The Morgan fingerprint density at radius 3 is 2.50 bits per heavy atom. The van der Waals surface area contributed by atoms with Gasteiger partial charge in [-0.15, -0.1) is 0 Å². The lowest BCUT2D eigenvalue weighted by atomic mass is 9.99. The first-order valence-electron chi connectivity index (χ1n) is 7.48. The van der Waals surface area contributed by atoms with Gasteiger partial charge in [0.2, 0.25) is 0 Å². The van der Waals surface area contributed by atoms with Crippen LogP contribution in [0.4, 0.5) is 4.79 Å². The molecule has 2 N–H and O–H groups in total. The van der Waals surface area contributed by atoms with E-state index in [2.05, 4.69) is 6.92 Å². The van der Waals surface area contributed by atoms with E-state index in [1.807, 2.05) is 9.80 Å². The summed E-state index contributed by atoms with van der Waals surface area (Å²) < 4.78 is 0. The largest absolute Gasteiger partial charge is 0.328 e. The average molecular weight is 253 g/mol. The van der Waals surface area contributed by atoms with Gasteiger partial charge >= 0.3 is 6.03 Å². The summed E-state index contributed by atoms with van der Waals surface area (Å²) in [5, 5.41) is 0. The number of nitrogens with two attached hydrogens (primary N) is 1. The smallest absolute Gasteiger partial charge is 0.320 e. The summed E-state index contributed by atoms with van der Waals surface area (Å²) in [4.78, 5) is 16.7. The van der Waals surface area contributed by atoms with E-state index in [9.17, 15) is 4.79 Å². The molecule has 2 amide bonds. The van der Waals surface area contributed by atoms with Crippen LogP contribution in [0.15, 0.2) is 0 Å². The van der Waals surface area contributed by atoms with Gasteiger partial charge in [0.05, 0.1) is 0 Å². The highest BCUT2D eigenvalue weighted by Crippen LogP contribution is 2.21. The monoisotopic (exact) mass is 253 g/mol. The van der Waals surface area contributed by atoms with Crippen LogP contribution in [-0.4, -0.2) is 48.1 Å². The molecule has 0 saturated carbocycles. The molecule has 0 aromatic rings. The van der Waals surface area contributed by atoms with Gasteiger partial charge < -0.3 is 15.5 Å². The predicted octanol–water partition coefficient (Wildman–Crippen LogP) is 2.04. The molecular weight excluding hydrogens is 226 g/mol. The van der Waals surface area contributed by atoms with Gasteiger partial charge in [-0.2, -0.15) is 0 Å². The molecule has 4 heteroatoms. The lowest BCUT2D eigenvalue weighted by Gasteiger charge is -2.37. The highest BCUT2D eigenvalue weighted by atomic mass is 16.2. The van der Waals surface area contributed by atoms with Crippen LogP contribution in [0.2, 0.25) is 0 Å². The maximum Gasteiger partial charge on any atom is 0.320 e. The quantitative estimate of drug-likeness (QED) is 0.777. The minimum atomic E-state index is 0.235. The Morgan fingerprint density at radius 1 is 1.11 bits per heavy atom. The second-order valence-electron chi connectivity index (χ2n) is 5.88. The molecule has 1 unspecified atom stereocenters. The van der Waals surface area contributed by atoms with Crippen molar-refractivity contribution in [3.05, 3.63) is 0 Å². The Labute approximate surface area is 110 Å². The second kappa shape index (κ2) is 6.41. The third kappa shape index (κ3) is 3.16. The van der Waals surface area contributed by atoms with E-state index in [4.69, 9.17) is 5.73 Å². The van der Waals surface area contributed by atoms with Crippen LogP contribution in [0.25, 0.3) is 0 Å². The van der Waals surface area contributed by atoms with E-state index in [0.717, 1.165) is 51.2 Å². The maximum absolute atomic E-state index is 12.6. The first kappa shape index (κ1) is 13.7. The number of rotatable bonds is 1. The zero-order chi connectivity index (χ0) is 13.0. The van der Waals surface area contributed by atoms with Gasteiger partial charge in [-0.3, -0.25) is 0 Å². The fourth-order valence-corrected chi connectivity index (χ4v) is 3.06. The standard InChI is InChI=1S/C14H27N3O/c1-12-6-9-16(10-7-12)14(18)17-8-4-2-3-5-13(17)11-15/h12-13H,2-11,15H2,1H3. The molecule has 2 rings (SSSR count). The van der Waals surface area contributed by atoms with Gasteiger partial charge in [0, 0.05) is 32.2 Å². The molecule has 2 saturated heterocycles. The molecule has 4 nitrogen and oxygen atoms in total. The first-order valence-corrected chi connectivity index (χ1v) is 7.48. The number of likely N-dealkylation sites (tertiary alicyclic amines) is 2. The minimum Gasteiger partial charge on any atom is -0.328 e. The molecule has 0 bridgehead atoms. The zero-order valence-corrected chi connectivity index (χ0v) is 11.6. The number of carbonyl (C=O) groups is 1. The maximum atomic E-state index is 12.6. The molecule has 0 spiro atoms. The lowest BCUT2D eigenvalue weighted by molar-refractivity contribution is 0.120. The van der Waals surface area contributed by atoms with Crippen molar-refractivity contribution in [1.29, 1.82) is 0 Å². The lowest BCUT2D eigenvalue weighted by Crippen LogP contribution is -2.52. The van der Waals surface area contributed by atoms with E-state index < -0.39 is 0 Å². The van der Waals surface area contributed by atoms with Gasteiger partial charge in [0.15, 0.2) is 0 Å². The summed E-state index contributed by atoms with van der Waals surface area (Å²) in [7, 11) is 0. The highest BCUT2D eigenvalue weighted by molar-refractivity contribution is 5.75. The number of piperidine rings is 1. The van der Waals surface area contributed by atoms with Crippen LogP contribution < -0.4 is 5.73 Å². The Bertz CT molecular complexity index is 274. The van der Waals surface area contributed by atoms with Gasteiger partial charge in [0.25, 0.3) is 0 Å². The molecule has 0 aliphatic carbocycles. The number of urea groups is 1. The average Bonchev–Trinajstić information content (AvgIpc) is 2.63. The second-order valence-corrected chi connectivity index (χ2v) is 5.88. The van der Waals surface area contributed by atoms with Gasteiger partial charge in [-0.05, 0) is 31.6 Å². The number of hydrogen-bond donors (Lipinski definition) is 1. The van der Waals surface area contributed by atoms with Crippen LogP contribution in [-0.2, 0) is 0 Å². The topological polar surface area (TPSA) is 49.6 Å². The Balaban J connectivity index is 1.96. The fourth-order valence-electron chi connectivity index (χ4n) is 3.06. The SMILES string of the molecule is CC1CCN(C(=O)N2CCCCCC2CN)CC1. The summed E-state index contributed by atoms with van der Waals surface area (Å²) in [5.41, 5.74) is 5.84. The van der Waals surface area contributed by atoms with Crippen molar-refractivity contribution in [2.24, 2.45) is 11.7 Å². The first-order chi connectivity index (χ1) is 8.72. The third-order valence-electron chi connectivity index (χ3n) is 4.45. The summed E-state index contributed by atoms with van der Waals surface area (Å²) in [6.45, 7) is 5.63. The van der Waals surface area contributed by atoms with Crippen molar-refractivity contribution in [3.8, 4) is 0 Å². The molecule has 2 aliphatic rings. The van der Waals surface area contributed by atoms with Crippen LogP contribution >= 0.6 is 0 Å². The molecule has 0 radical (unpaired) electrons. The summed E-state index contributed by atoms with van der Waals surface area (Å²) in [6, 6.07) is 0.499. The molecule has 1 atom stereocenters. The van der Waals surface area contributed by atoms with Crippen LogP contribution in [0, 0.1) is 5.92 Å². The van der Waals surface area contributed by atoms with Crippen LogP contribution in [0.1, 0.15) is 45.4 Å². The predicted molar refractivity (Wildman–Crippen MR) is 73.4 cm³/mol. The number of hydrogen-bond acceptors (Lipinski definition) is 2. The van der Waals surface area contributed by atoms with E-state index in [1.54, 1.807) is 0 Å². The number of carbonyl (C=O) groups excluding carboxylic acids is 1. The highest BCUT2D eigenvalue weighted by Gasteiger charge is 2.29. The van der Waals surface area contributed by atoms with Crippen LogP contribution in [0.5, 0.6) is 0 Å². The van der Waals surface area contributed by atoms with E-state index >= 15 is 0 Å². The van der Waals surface area contributed by atoms with Gasteiger partial charge in [-0.25, -0.2) is 4.79 Å².